The van der Waals surface area contributed by atoms with Crippen molar-refractivity contribution in [1.82, 2.24) is 14.4 Å². The lowest BCUT2D eigenvalue weighted by atomic mass is 10.0. The summed E-state index contributed by atoms with van der Waals surface area (Å²) < 4.78 is 7.54. The van der Waals surface area contributed by atoms with Crippen molar-refractivity contribution in [3.8, 4) is 5.75 Å². The van der Waals surface area contributed by atoms with Gasteiger partial charge in [-0.3, -0.25) is 9.59 Å². The molecule has 0 radical (unpaired) electrons. The van der Waals surface area contributed by atoms with E-state index in [1.54, 1.807) is 12.0 Å². The third kappa shape index (κ3) is 7.73. The lowest BCUT2D eigenvalue weighted by Gasteiger charge is -2.38. The molecule has 0 aliphatic rings. The number of aryl methyl sites for hydroxylation is 1. The largest absolute Gasteiger partial charge is 0.497 e. The van der Waals surface area contributed by atoms with Crippen molar-refractivity contribution in [3.63, 3.8) is 0 Å². The Hall–Kier alpha value is -3.54. The van der Waals surface area contributed by atoms with Crippen molar-refractivity contribution in [2.45, 2.75) is 66.6 Å². The molecular formula is C32H43N3O3. The molecule has 6 heteroatoms. The lowest BCUT2D eigenvalue weighted by Crippen LogP contribution is -2.50. The standard InChI is InChI=1S/C32H43N3O3/c1-8-25-14-16-27(17-15-25)31(37)34(20-24(2)3)23-30(36)35(32(4,5)6)22-28-12-10-18-33(28)21-26-11-9-13-29(19-26)38-7/h9-19,24H,8,20-23H2,1-7H3. The van der Waals surface area contributed by atoms with E-state index in [0.717, 1.165) is 23.4 Å². The quantitative estimate of drug-likeness (QED) is 0.312. The maximum absolute atomic E-state index is 13.8. The molecule has 38 heavy (non-hydrogen) atoms. The highest BCUT2D eigenvalue weighted by Gasteiger charge is 2.30. The number of carbonyl (C=O) groups excluding carboxylic acids is 2. The SMILES string of the molecule is CCc1ccc(C(=O)N(CC(=O)N(Cc2cccn2Cc2cccc(OC)c2)C(C)(C)C)CC(C)C)cc1. The smallest absolute Gasteiger partial charge is 0.254 e. The highest BCUT2D eigenvalue weighted by atomic mass is 16.5. The maximum Gasteiger partial charge on any atom is 0.254 e. The number of aromatic nitrogens is 1. The van der Waals surface area contributed by atoms with E-state index in [1.807, 2.05) is 80.4 Å². The Balaban J connectivity index is 1.81. The van der Waals surface area contributed by atoms with E-state index < -0.39 is 5.54 Å². The third-order valence-corrected chi connectivity index (χ3v) is 6.65. The molecule has 0 aliphatic heterocycles. The number of ether oxygens (including phenoxy) is 1. The van der Waals surface area contributed by atoms with Crippen LogP contribution < -0.4 is 4.74 Å². The fourth-order valence-corrected chi connectivity index (χ4v) is 4.55. The summed E-state index contributed by atoms with van der Waals surface area (Å²) in [6, 6.07) is 19.8. The Morgan fingerprint density at radius 2 is 1.68 bits per heavy atom. The normalized spacial score (nSPS) is 11.5. The van der Waals surface area contributed by atoms with Crippen molar-refractivity contribution in [2.24, 2.45) is 5.92 Å². The van der Waals surface area contributed by atoms with E-state index in [-0.39, 0.29) is 24.3 Å². The number of benzene rings is 2. The number of hydrogen-bond acceptors (Lipinski definition) is 3. The zero-order valence-electron chi connectivity index (χ0n) is 24.0. The fraction of sp³-hybridized carbons (Fsp3) is 0.438. The fourth-order valence-electron chi connectivity index (χ4n) is 4.55. The van der Waals surface area contributed by atoms with Crippen LogP contribution in [0.25, 0.3) is 0 Å². The molecule has 0 unspecified atom stereocenters. The second kappa shape index (κ2) is 12.8. The Labute approximate surface area is 228 Å². The van der Waals surface area contributed by atoms with Gasteiger partial charge in [-0.1, -0.05) is 45.0 Å². The van der Waals surface area contributed by atoms with Crippen molar-refractivity contribution in [2.75, 3.05) is 20.2 Å². The van der Waals surface area contributed by atoms with Gasteiger partial charge in [0.1, 0.15) is 12.3 Å². The first-order chi connectivity index (χ1) is 18.0. The van der Waals surface area contributed by atoms with Crippen molar-refractivity contribution in [1.29, 1.82) is 0 Å². The number of nitrogens with zero attached hydrogens (tertiary/aromatic N) is 3. The molecular weight excluding hydrogens is 474 g/mol. The van der Waals surface area contributed by atoms with Crippen LogP contribution in [0, 0.1) is 5.92 Å². The van der Waals surface area contributed by atoms with Crippen molar-refractivity contribution in [3.05, 3.63) is 89.2 Å². The number of amides is 2. The highest BCUT2D eigenvalue weighted by molar-refractivity contribution is 5.96. The first kappa shape index (κ1) is 29.0. The van der Waals surface area contributed by atoms with Crippen molar-refractivity contribution >= 4 is 11.8 Å². The van der Waals surface area contributed by atoms with Gasteiger partial charge in [-0.15, -0.1) is 0 Å². The average Bonchev–Trinajstić information content (AvgIpc) is 3.32. The van der Waals surface area contributed by atoms with Gasteiger partial charge in [0.05, 0.1) is 13.7 Å². The summed E-state index contributed by atoms with van der Waals surface area (Å²) in [4.78, 5) is 30.8. The van der Waals surface area contributed by atoms with Crippen LogP contribution in [-0.2, 0) is 24.3 Å². The minimum absolute atomic E-state index is 0.0421. The Morgan fingerprint density at radius 1 is 0.974 bits per heavy atom. The molecule has 0 N–H and O–H groups in total. The maximum atomic E-state index is 13.8. The van der Waals surface area contributed by atoms with E-state index in [9.17, 15) is 9.59 Å². The summed E-state index contributed by atoms with van der Waals surface area (Å²) in [6.07, 6.45) is 2.96. The topological polar surface area (TPSA) is 54.8 Å². The average molecular weight is 518 g/mol. The zero-order valence-corrected chi connectivity index (χ0v) is 24.0. The van der Waals surface area contributed by atoms with Gasteiger partial charge in [0.2, 0.25) is 5.91 Å². The second-order valence-corrected chi connectivity index (χ2v) is 11.3. The zero-order chi connectivity index (χ0) is 27.9. The van der Waals surface area contributed by atoms with Crippen LogP contribution in [0.1, 0.15) is 68.7 Å². The Morgan fingerprint density at radius 3 is 2.29 bits per heavy atom. The number of hydrogen-bond donors (Lipinski definition) is 0. The molecule has 0 atom stereocenters. The van der Waals surface area contributed by atoms with Crippen LogP contribution in [0.15, 0.2) is 66.9 Å². The predicted octanol–water partition coefficient (Wildman–Crippen LogP) is 6.03. The summed E-state index contributed by atoms with van der Waals surface area (Å²) in [5.41, 5.74) is 3.54. The van der Waals surface area contributed by atoms with E-state index in [0.29, 0.717) is 25.2 Å². The summed E-state index contributed by atoms with van der Waals surface area (Å²) in [6.45, 7) is 14.0. The molecule has 6 nitrogen and oxygen atoms in total. The van der Waals surface area contributed by atoms with Gasteiger partial charge >= 0.3 is 0 Å². The molecule has 3 aromatic rings. The molecule has 2 aromatic carbocycles. The van der Waals surface area contributed by atoms with Crippen LogP contribution in [0.4, 0.5) is 0 Å². The van der Waals surface area contributed by atoms with E-state index in [1.165, 1.54) is 5.56 Å². The molecule has 0 bridgehead atoms. The molecule has 0 aliphatic carbocycles. The van der Waals surface area contributed by atoms with Gasteiger partial charge in [0, 0.05) is 36.1 Å². The Kier molecular flexibility index (Phi) is 9.78. The van der Waals surface area contributed by atoms with Crippen LogP contribution in [0.5, 0.6) is 5.75 Å². The number of rotatable bonds is 11. The summed E-state index contributed by atoms with van der Waals surface area (Å²) in [5, 5.41) is 0. The lowest BCUT2D eigenvalue weighted by molar-refractivity contribution is -0.137. The minimum atomic E-state index is -0.419. The first-order valence-corrected chi connectivity index (χ1v) is 13.5. The molecule has 204 valence electrons. The van der Waals surface area contributed by atoms with Gasteiger partial charge < -0.3 is 19.1 Å². The Bertz CT molecular complexity index is 1210. The van der Waals surface area contributed by atoms with Gasteiger partial charge in [-0.25, -0.2) is 0 Å². The third-order valence-electron chi connectivity index (χ3n) is 6.65. The van der Waals surface area contributed by atoms with E-state index >= 15 is 0 Å². The van der Waals surface area contributed by atoms with E-state index in [2.05, 4.69) is 37.5 Å². The van der Waals surface area contributed by atoms with Crippen molar-refractivity contribution < 1.29 is 14.3 Å². The summed E-state index contributed by atoms with van der Waals surface area (Å²) in [5.74, 6) is 0.891. The monoisotopic (exact) mass is 517 g/mol. The van der Waals surface area contributed by atoms with Gasteiger partial charge in [0.25, 0.3) is 5.91 Å². The van der Waals surface area contributed by atoms with Crippen LogP contribution >= 0.6 is 0 Å². The molecule has 0 fully saturated rings. The molecule has 3 rings (SSSR count). The van der Waals surface area contributed by atoms with Crippen LogP contribution in [0.3, 0.4) is 0 Å². The summed E-state index contributed by atoms with van der Waals surface area (Å²) in [7, 11) is 1.67. The molecule has 1 heterocycles. The van der Waals surface area contributed by atoms with Crippen LogP contribution in [0.2, 0.25) is 0 Å². The second-order valence-electron chi connectivity index (χ2n) is 11.3. The van der Waals surface area contributed by atoms with Gasteiger partial charge in [-0.05, 0) is 80.6 Å². The number of carbonyl (C=O) groups is 2. The van der Waals surface area contributed by atoms with Gasteiger partial charge in [-0.2, -0.15) is 0 Å². The molecule has 1 aromatic heterocycles. The summed E-state index contributed by atoms with van der Waals surface area (Å²) >= 11 is 0. The highest BCUT2D eigenvalue weighted by Crippen LogP contribution is 2.21. The number of methoxy groups -OCH3 is 1. The predicted molar refractivity (Wildman–Crippen MR) is 153 cm³/mol. The van der Waals surface area contributed by atoms with Crippen LogP contribution in [-0.4, -0.2) is 51.9 Å². The first-order valence-electron chi connectivity index (χ1n) is 13.5. The molecule has 0 spiro atoms. The minimum Gasteiger partial charge on any atom is -0.497 e. The molecule has 0 saturated heterocycles. The molecule has 2 amide bonds. The van der Waals surface area contributed by atoms with E-state index in [4.69, 9.17) is 4.74 Å². The van der Waals surface area contributed by atoms with Gasteiger partial charge in [0.15, 0.2) is 0 Å². The molecule has 0 saturated carbocycles.